The predicted molar refractivity (Wildman–Crippen MR) is 64.9 cm³/mol. The fourth-order valence-corrected chi connectivity index (χ4v) is 2.35. The molecule has 1 aromatic heterocycles. The summed E-state index contributed by atoms with van der Waals surface area (Å²) in [5.74, 6) is 0.0965. The van der Waals surface area contributed by atoms with Gasteiger partial charge >= 0.3 is 0 Å². The maximum atomic E-state index is 11.4. The summed E-state index contributed by atoms with van der Waals surface area (Å²) in [7, 11) is 0. The quantitative estimate of drug-likeness (QED) is 0.598. The minimum absolute atomic E-state index is 0.0965. The lowest BCUT2D eigenvalue weighted by molar-refractivity contribution is 0.101. The van der Waals surface area contributed by atoms with E-state index in [9.17, 15) is 4.79 Å². The summed E-state index contributed by atoms with van der Waals surface area (Å²) in [5, 5.41) is 4.21. The molecule has 4 heteroatoms. The molecule has 0 spiro atoms. The molecule has 0 aliphatic carbocycles. The maximum Gasteiger partial charge on any atom is 0.164 e. The Morgan fingerprint density at radius 2 is 2.20 bits per heavy atom. The average molecular weight is 226 g/mol. The third-order valence-electron chi connectivity index (χ3n) is 2.28. The molecule has 0 atom stereocenters. The highest BCUT2D eigenvalue weighted by atomic mass is 32.1. The minimum Gasteiger partial charge on any atom is -0.375 e. The van der Waals surface area contributed by atoms with Crippen LogP contribution in [0.25, 0.3) is 0 Å². The highest BCUT2D eigenvalue weighted by Crippen LogP contribution is 2.24. The molecule has 0 amide bonds. The van der Waals surface area contributed by atoms with Crippen molar-refractivity contribution in [1.82, 2.24) is 4.37 Å². The van der Waals surface area contributed by atoms with Gasteiger partial charge in [-0.15, -0.1) is 0 Å². The first kappa shape index (κ1) is 12.2. The van der Waals surface area contributed by atoms with Crippen LogP contribution in [-0.4, -0.2) is 16.7 Å². The third-order valence-corrected chi connectivity index (χ3v) is 3.18. The number of unbranched alkanes of at least 4 members (excludes halogenated alkanes) is 2. The molecule has 0 aliphatic heterocycles. The molecule has 0 fully saturated rings. The van der Waals surface area contributed by atoms with Crippen LogP contribution in [0.3, 0.4) is 0 Å². The third kappa shape index (κ3) is 3.30. The summed E-state index contributed by atoms with van der Waals surface area (Å²) in [6.07, 6.45) is 3.58. The monoisotopic (exact) mass is 226 g/mol. The average Bonchev–Trinajstić information content (AvgIpc) is 2.54. The molecule has 0 unspecified atom stereocenters. The molecule has 1 rings (SSSR count). The number of carbonyl (C=O) groups is 1. The fourth-order valence-electron chi connectivity index (χ4n) is 1.48. The van der Waals surface area contributed by atoms with Gasteiger partial charge in [0.1, 0.15) is 5.00 Å². The van der Waals surface area contributed by atoms with Crippen molar-refractivity contribution in [3.63, 3.8) is 0 Å². The van der Waals surface area contributed by atoms with E-state index in [1.807, 2.05) is 6.92 Å². The first-order valence-corrected chi connectivity index (χ1v) is 6.15. The van der Waals surface area contributed by atoms with Gasteiger partial charge in [-0.2, -0.15) is 4.37 Å². The first-order chi connectivity index (χ1) is 7.16. The van der Waals surface area contributed by atoms with Crippen molar-refractivity contribution in [2.45, 2.75) is 40.0 Å². The van der Waals surface area contributed by atoms with E-state index in [4.69, 9.17) is 0 Å². The molecular formula is C11H18N2OS. The number of ketones is 1. The van der Waals surface area contributed by atoms with Gasteiger partial charge in [-0.3, -0.25) is 4.79 Å². The SMILES string of the molecule is CCCCCNc1snc(C)c1C(C)=O. The molecular weight excluding hydrogens is 208 g/mol. The fraction of sp³-hybridized carbons (Fsp3) is 0.636. The Labute approximate surface area is 95.1 Å². The van der Waals surface area contributed by atoms with Gasteiger partial charge in [0.2, 0.25) is 0 Å². The second-order valence-electron chi connectivity index (χ2n) is 3.66. The van der Waals surface area contributed by atoms with E-state index in [-0.39, 0.29) is 5.78 Å². The standard InChI is InChI=1S/C11H18N2OS/c1-4-5-6-7-12-11-10(9(3)14)8(2)13-15-11/h12H,4-7H2,1-3H3. The normalized spacial score (nSPS) is 10.3. The molecule has 0 saturated heterocycles. The molecule has 84 valence electrons. The number of rotatable bonds is 6. The number of hydrogen-bond acceptors (Lipinski definition) is 4. The largest absolute Gasteiger partial charge is 0.375 e. The Bertz CT molecular complexity index is 333. The molecule has 0 aliphatic rings. The number of anilines is 1. The first-order valence-electron chi connectivity index (χ1n) is 5.38. The van der Waals surface area contributed by atoms with Crippen molar-refractivity contribution < 1.29 is 4.79 Å². The summed E-state index contributed by atoms with van der Waals surface area (Å²) >= 11 is 1.38. The van der Waals surface area contributed by atoms with Crippen molar-refractivity contribution in [2.24, 2.45) is 0 Å². The van der Waals surface area contributed by atoms with Gasteiger partial charge in [0.25, 0.3) is 0 Å². The van der Waals surface area contributed by atoms with Gasteiger partial charge in [-0.1, -0.05) is 19.8 Å². The van der Waals surface area contributed by atoms with Crippen LogP contribution in [0.2, 0.25) is 0 Å². The van der Waals surface area contributed by atoms with Crippen molar-refractivity contribution in [3.8, 4) is 0 Å². The topological polar surface area (TPSA) is 42.0 Å². The van der Waals surface area contributed by atoms with Crippen LogP contribution >= 0.6 is 11.5 Å². The lowest BCUT2D eigenvalue weighted by atomic mass is 10.2. The molecule has 1 N–H and O–H groups in total. The maximum absolute atomic E-state index is 11.4. The van der Waals surface area contributed by atoms with E-state index in [0.717, 1.165) is 29.2 Å². The molecule has 1 aromatic rings. The van der Waals surface area contributed by atoms with Gasteiger partial charge < -0.3 is 5.32 Å². The van der Waals surface area contributed by atoms with Crippen molar-refractivity contribution in [3.05, 3.63) is 11.3 Å². The summed E-state index contributed by atoms with van der Waals surface area (Å²) in [6.45, 7) is 6.58. The van der Waals surface area contributed by atoms with E-state index in [1.165, 1.54) is 24.4 Å². The zero-order chi connectivity index (χ0) is 11.3. The molecule has 3 nitrogen and oxygen atoms in total. The Hall–Kier alpha value is -0.900. The van der Waals surface area contributed by atoms with Crippen LogP contribution in [0.1, 0.15) is 49.2 Å². The second-order valence-corrected chi connectivity index (χ2v) is 4.44. The van der Waals surface area contributed by atoms with Crippen LogP contribution in [-0.2, 0) is 0 Å². The molecule has 0 saturated carbocycles. The minimum atomic E-state index is 0.0965. The van der Waals surface area contributed by atoms with Crippen LogP contribution in [0.4, 0.5) is 5.00 Å². The van der Waals surface area contributed by atoms with Gasteiger partial charge in [-0.25, -0.2) is 0 Å². The zero-order valence-corrected chi connectivity index (χ0v) is 10.4. The van der Waals surface area contributed by atoms with Crippen molar-refractivity contribution in [1.29, 1.82) is 0 Å². The van der Waals surface area contributed by atoms with Crippen LogP contribution in [0.15, 0.2) is 0 Å². The molecule has 15 heavy (non-hydrogen) atoms. The Morgan fingerprint density at radius 1 is 1.47 bits per heavy atom. The van der Waals surface area contributed by atoms with Crippen molar-refractivity contribution >= 4 is 22.3 Å². The van der Waals surface area contributed by atoms with Crippen molar-refractivity contribution in [2.75, 3.05) is 11.9 Å². The Balaban J connectivity index is 2.57. The Kier molecular flexibility index (Phi) is 4.75. The van der Waals surface area contributed by atoms with E-state index in [1.54, 1.807) is 6.92 Å². The lowest BCUT2D eigenvalue weighted by Crippen LogP contribution is -2.04. The smallest absolute Gasteiger partial charge is 0.164 e. The summed E-state index contributed by atoms with van der Waals surface area (Å²) < 4.78 is 4.20. The summed E-state index contributed by atoms with van der Waals surface area (Å²) in [5.41, 5.74) is 1.60. The molecule has 0 aromatic carbocycles. The Morgan fingerprint density at radius 3 is 2.80 bits per heavy atom. The van der Waals surface area contributed by atoms with Crippen LogP contribution < -0.4 is 5.32 Å². The number of aryl methyl sites for hydroxylation is 1. The number of carbonyl (C=O) groups excluding carboxylic acids is 1. The summed E-state index contributed by atoms with van der Waals surface area (Å²) in [6, 6.07) is 0. The predicted octanol–water partition coefficient (Wildman–Crippen LogP) is 3.26. The van der Waals surface area contributed by atoms with Crippen LogP contribution in [0.5, 0.6) is 0 Å². The zero-order valence-electron chi connectivity index (χ0n) is 9.59. The highest BCUT2D eigenvalue weighted by molar-refractivity contribution is 7.10. The number of hydrogen-bond donors (Lipinski definition) is 1. The van der Waals surface area contributed by atoms with Gasteiger partial charge in [0.15, 0.2) is 5.78 Å². The van der Waals surface area contributed by atoms with Gasteiger partial charge in [0, 0.05) is 6.54 Å². The van der Waals surface area contributed by atoms with Gasteiger partial charge in [0.05, 0.1) is 11.3 Å². The van der Waals surface area contributed by atoms with E-state index in [0.29, 0.717) is 0 Å². The van der Waals surface area contributed by atoms with Crippen LogP contribution in [0, 0.1) is 6.92 Å². The number of aromatic nitrogens is 1. The highest BCUT2D eigenvalue weighted by Gasteiger charge is 2.13. The number of Topliss-reactive ketones (excluding diaryl/α,β-unsaturated/α-hetero) is 1. The van der Waals surface area contributed by atoms with E-state index in [2.05, 4.69) is 16.6 Å². The van der Waals surface area contributed by atoms with Gasteiger partial charge in [-0.05, 0) is 31.8 Å². The summed E-state index contributed by atoms with van der Waals surface area (Å²) in [4.78, 5) is 11.4. The lowest BCUT2D eigenvalue weighted by Gasteiger charge is -2.04. The molecule has 1 heterocycles. The van der Waals surface area contributed by atoms with E-state index < -0.39 is 0 Å². The second kappa shape index (κ2) is 5.85. The number of nitrogens with one attached hydrogen (secondary N) is 1. The van der Waals surface area contributed by atoms with E-state index >= 15 is 0 Å². The molecule has 0 bridgehead atoms. The number of nitrogens with zero attached hydrogens (tertiary/aromatic N) is 1. The molecule has 0 radical (unpaired) electrons.